The Morgan fingerprint density at radius 2 is 1.17 bits per heavy atom. The summed E-state index contributed by atoms with van der Waals surface area (Å²) in [6.45, 7) is 0. The molecule has 4 aromatic carbocycles. The van der Waals surface area contributed by atoms with Crippen molar-refractivity contribution in [2.45, 2.75) is 17.9 Å². The molecule has 7 nitrogen and oxygen atoms in total. The Bertz CT molecular complexity index is 1260. The van der Waals surface area contributed by atoms with Crippen LogP contribution in [-0.2, 0) is 21.4 Å². The summed E-state index contributed by atoms with van der Waals surface area (Å²) in [4.78, 5) is 37.5. The molecular weight excluding hydrogens is 456 g/mol. The molecule has 0 aromatic heterocycles. The normalized spacial score (nSPS) is 11.9. The van der Waals surface area contributed by atoms with Gasteiger partial charge in [0.15, 0.2) is 0 Å². The van der Waals surface area contributed by atoms with Crippen LogP contribution in [0, 0.1) is 10.1 Å². The molecule has 0 heterocycles. The predicted molar refractivity (Wildman–Crippen MR) is 136 cm³/mol. The number of carbonyl (C=O) groups excluding carboxylic acids is 1. The molecule has 2 N–H and O–H groups in total. The summed E-state index contributed by atoms with van der Waals surface area (Å²) < 4.78 is 0. The largest absolute Gasteiger partial charge is 0.480 e. The molecule has 0 radical (unpaired) electrons. The maximum atomic E-state index is 14.3. The Balaban J connectivity index is 1.84. The van der Waals surface area contributed by atoms with Gasteiger partial charge in [-0.3, -0.25) is 14.9 Å². The molecule has 7 heteroatoms. The number of nitro benzene ring substituents is 1. The van der Waals surface area contributed by atoms with Crippen molar-refractivity contribution in [3.8, 4) is 0 Å². The lowest BCUT2D eigenvalue weighted by Crippen LogP contribution is -2.52. The van der Waals surface area contributed by atoms with E-state index in [0.717, 1.165) is 0 Å². The number of nitrogens with zero attached hydrogens (tertiary/aromatic N) is 1. The van der Waals surface area contributed by atoms with Crippen molar-refractivity contribution >= 4 is 17.6 Å². The molecule has 0 aliphatic heterocycles. The van der Waals surface area contributed by atoms with Crippen molar-refractivity contribution in [3.63, 3.8) is 0 Å². The summed E-state index contributed by atoms with van der Waals surface area (Å²) in [5.74, 6) is -1.83. The second-order valence-electron chi connectivity index (χ2n) is 8.30. The molecule has 0 unspecified atom stereocenters. The van der Waals surface area contributed by atoms with Crippen LogP contribution in [0.2, 0.25) is 0 Å². The maximum absolute atomic E-state index is 14.3. The Hall–Kier alpha value is -4.78. The molecule has 0 saturated heterocycles. The molecule has 0 aliphatic carbocycles. The average molecular weight is 481 g/mol. The molecule has 0 bridgehead atoms. The monoisotopic (exact) mass is 480 g/mol. The number of carboxylic acid groups (broad SMARTS) is 1. The van der Waals surface area contributed by atoms with Crippen molar-refractivity contribution in [1.82, 2.24) is 5.32 Å². The van der Waals surface area contributed by atoms with Gasteiger partial charge in [0.25, 0.3) is 5.69 Å². The first kappa shape index (κ1) is 24.3. The Morgan fingerprint density at radius 1 is 0.750 bits per heavy atom. The highest BCUT2D eigenvalue weighted by Crippen LogP contribution is 2.39. The van der Waals surface area contributed by atoms with Crippen LogP contribution >= 0.6 is 0 Å². The number of aliphatic carboxylic acids is 1. The standard InChI is InChI=1S/C29H24N2O5/c32-27(33)25(20-21-12-10-11-19-26(21)31(35)36)30-28(34)29(22-13-4-1-5-14-22,23-15-6-2-7-16-23)24-17-8-3-9-18-24/h1-19,25H,20H2,(H,30,34)(H,32,33)/t25-/m1/s1. The second-order valence-corrected chi connectivity index (χ2v) is 8.30. The van der Waals surface area contributed by atoms with Gasteiger partial charge in [0.2, 0.25) is 5.91 Å². The average Bonchev–Trinajstić information content (AvgIpc) is 2.91. The number of nitro groups is 1. The minimum absolute atomic E-state index is 0.196. The highest BCUT2D eigenvalue weighted by Gasteiger charge is 2.45. The minimum Gasteiger partial charge on any atom is -0.480 e. The van der Waals surface area contributed by atoms with Gasteiger partial charge in [-0.1, -0.05) is 109 Å². The second kappa shape index (κ2) is 10.7. The lowest BCUT2D eigenvalue weighted by Gasteiger charge is -2.35. The van der Waals surface area contributed by atoms with Crippen molar-refractivity contribution < 1.29 is 19.6 Å². The summed E-state index contributed by atoms with van der Waals surface area (Å²) in [6, 6.07) is 32.0. The van der Waals surface area contributed by atoms with E-state index < -0.39 is 28.3 Å². The topological polar surface area (TPSA) is 110 Å². The zero-order valence-corrected chi connectivity index (χ0v) is 19.3. The van der Waals surface area contributed by atoms with E-state index in [1.165, 1.54) is 18.2 Å². The van der Waals surface area contributed by atoms with E-state index in [1.807, 2.05) is 91.0 Å². The summed E-state index contributed by atoms with van der Waals surface area (Å²) in [5, 5.41) is 24.2. The molecule has 4 aromatic rings. The number of nitrogens with one attached hydrogen (secondary N) is 1. The molecule has 4 rings (SSSR count). The van der Waals surface area contributed by atoms with E-state index >= 15 is 0 Å². The van der Waals surface area contributed by atoms with Crippen LogP contribution in [-0.4, -0.2) is 27.9 Å². The van der Waals surface area contributed by atoms with Crippen LogP contribution in [0.5, 0.6) is 0 Å². The van der Waals surface area contributed by atoms with Crippen LogP contribution in [0.25, 0.3) is 0 Å². The Morgan fingerprint density at radius 3 is 1.58 bits per heavy atom. The van der Waals surface area contributed by atoms with Crippen LogP contribution in [0.1, 0.15) is 22.3 Å². The smallest absolute Gasteiger partial charge is 0.326 e. The number of benzene rings is 4. The Kier molecular flexibility index (Phi) is 7.20. The van der Waals surface area contributed by atoms with Crippen LogP contribution in [0.3, 0.4) is 0 Å². The van der Waals surface area contributed by atoms with Gasteiger partial charge in [0, 0.05) is 18.1 Å². The molecule has 0 aliphatic rings. The first-order valence-electron chi connectivity index (χ1n) is 11.4. The van der Waals surface area contributed by atoms with Crippen molar-refractivity contribution in [3.05, 3.63) is 148 Å². The van der Waals surface area contributed by atoms with Gasteiger partial charge in [0.1, 0.15) is 11.5 Å². The number of hydrogen-bond acceptors (Lipinski definition) is 4. The minimum atomic E-state index is -1.39. The van der Waals surface area contributed by atoms with Crippen LogP contribution in [0.15, 0.2) is 115 Å². The van der Waals surface area contributed by atoms with E-state index in [1.54, 1.807) is 6.07 Å². The third-order valence-electron chi connectivity index (χ3n) is 6.18. The van der Waals surface area contributed by atoms with Gasteiger partial charge in [-0.2, -0.15) is 0 Å². The quantitative estimate of drug-likeness (QED) is 0.204. The van der Waals surface area contributed by atoms with E-state index in [9.17, 15) is 24.8 Å². The fourth-order valence-corrected chi connectivity index (χ4v) is 4.51. The number of carbonyl (C=O) groups is 2. The van der Waals surface area contributed by atoms with E-state index in [4.69, 9.17) is 0 Å². The van der Waals surface area contributed by atoms with Crippen LogP contribution in [0.4, 0.5) is 5.69 Å². The van der Waals surface area contributed by atoms with Crippen molar-refractivity contribution in [2.75, 3.05) is 0 Å². The predicted octanol–water partition coefficient (Wildman–Crippen LogP) is 4.74. The summed E-state index contributed by atoms with van der Waals surface area (Å²) >= 11 is 0. The van der Waals surface area contributed by atoms with E-state index in [2.05, 4.69) is 5.32 Å². The lowest BCUT2D eigenvalue weighted by molar-refractivity contribution is -0.385. The molecule has 0 saturated carbocycles. The van der Waals surface area contributed by atoms with Gasteiger partial charge in [-0.25, -0.2) is 4.79 Å². The van der Waals surface area contributed by atoms with Gasteiger partial charge >= 0.3 is 5.97 Å². The summed E-state index contributed by atoms with van der Waals surface area (Å²) in [7, 11) is 0. The molecule has 0 fully saturated rings. The van der Waals surface area contributed by atoms with E-state index in [-0.39, 0.29) is 17.7 Å². The van der Waals surface area contributed by atoms with Crippen LogP contribution < -0.4 is 5.32 Å². The highest BCUT2D eigenvalue weighted by molar-refractivity contribution is 5.98. The number of amides is 1. The summed E-state index contributed by atoms with van der Waals surface area (Å²) in [6.07, 6.45) is -0.243. The fraction of sp³-hybridized carbons (Fsp3) is 0.103. The molecule has 0 spiro atoms. The van der Waals surface area contributed by atoms with E-state index in [0.29, 0.717) is 16.7 Å². The first-order valence-corrected chi connectivity index (χ1v) is 11.4. The third-order valence-corrected chi connectivity index (χ3v) is 6.18. The SMILES string of the molecule is O=C(O)[C@@H](Cc1ccccc1[N+](=O)[O-])NC(=O)C(c1ccccc1)(c1ccccc1)c1ccccc1. The zero-order chi connectivity index (χ0) is 25.5. The molecular formula is C29H24N2O5. The lowest BCUT2D eigenvalue weighted by atomic mass is 9.68. The fourth-order valence-electron chi connectivity index (χ4n) is 4.51. The van der Waals surface area contributed by atoms with Gasteiger partial charge < -0.3 is 10.4 Å². The molecule has 1 amide bonds. The third kappa shape index (κ3) is 4.72. The number of rotatable bonds is 9. The van der Waals surface area contributed by atoms with Gasteiger partial charge in [-0.15, -0.1) is 0 Å². The molecule has 36 heavy (non-hydrogen) atoms. The van der Waals surface area contributed by atoms with Crippen molar-refractivity contribution in [2.24, 2.45) is 0 Å². The maximum Gasteiger partial charge on any atom is 0.326 e. The van der Waals surface area contributed by atoms with Gasteiger partial charge in [0.05, 0.1) is 4.92 Å². The van der Waals surface area contributed by atoms with Gasteiger partial charge in [-0.05, 0) is 16.7 Å². The molecule has 180 valence electrons. The Labute approximate surface area is 208 Å². The number of para-hydroxylation sites is 1. The van der Waals surface area contributed by atoms with Crippen molar-refractivity contribution in [1.29, 1.82) is 0 Å². The zero-order valence-electron chi connectivity index (χ0n) is 19.3. The summed E-state index contributed by atoms with van der Waals surface area (Å²) in [5.41, 5.74) is 0.651. The highest BCUT2D eigenvalue weighted by atomic mass is 16.6. The number of carboxylic acids is 1. The first-order chi connectivity index (χ1) is 17.4. The number of hydrogen-bond donors (Lipinski definition) is 2. The molecule has 1 atom stereocenters.